The van der Waals surface area contributed by atoms with Crippen LogP contribution in [0, 0.1) is 17.8 Å². The van der Waals surface area contributed by atoms with Crippen LogP contribution in [0.25, 0.3) is 0 Å². The van der Waals surface area contributed by atoms with Crippen molar-refractivity contribution in [3.05, 3.63) is 0 Å². The van der Waals surface area contributed by atoms with E-state index in [-0.39, 0.29) is 18.0 Å². The van der Waals surface area contributed by atoms with Crippen molar-refractivity contribution in [1.82, 2.24) is 10.2 Å². The van der Waals surface area contributed by atoms with Gasteiger partial charge in [-0.2, -0.15) is 0 Å². The van der Waals surface area contributed by atoms with Gasteiger partial charge >= 0.3 is 12.0 Å². The Hall–Kier alpha value is -1.26. The van der Waals surface area contributed by atoms with Gasteiger partial charge in [-0.25, -0.2) is 4.79 Å². The second-order valence-electron chi connectivity index (χ2n) is 5.89. The molecule has 18 heavy (non-hydrogen) atoms. The van der Waals surface area contributed by atoms with E-state index < -0.39 is 11.9 Å². The van der Waals surface area contributed by atoms with E-state index in [0.29, 0.717) is 19.0 Å². The summed E-state index contributed by atoms with van der Waals surface area (Å²) in [7, 11) is 0. The summed E-state index contributed by atoms with van der Waals surface area (Å²) in [6.07, 6.45) is 3.25. The first kappa shape index (κ1) is 13.2. The number of urea groups is 1. The number of nitrogens with one attached hydrogen (secondary N) is 1. The number of carboxylic acid groups (broad SMARTS) is 1. The number of aliphatic carboxylic acids is 1. The lowest BCUT2D eigenvalue weighted by atomic mass is 9.99. The van der Waals surface area contributed by atoms with Crippen molar-refractivity contribution in [3.63, 3.8) is 0 Å². The molecule has 4 unspecified atom stereocenters. The van der Waals surface area contributed by atoms with E-state index in [0.717, 1.165) is 12.8 Å². The molecule has 0 aromatic carbocycles. The summed E-state index contributed by atoms with van der Waals surface area (Å²) in [5.41, 5.74) is 0. The number of carbonyl (C=O) groups excluding carboxylic acids is 1. The molecule has 1 aliphatic heterocycles. The van der Waals surface area contributed by atoms with Gasteiger partial charge in [0.25, 0.3) is 0 Å². The minimum absolute atomic E-state index is 0.0377. The van der Waals surface area contributed by atoms with Crippen LogP contribution >= 0.6 is 0 Å². The van der Waals surface area contributed by atoms with Crippen LogP contribution < -0.4 is 5.32 Å². The van der Waals surface area contributed by atoms with Crippen LogP contribution in [0.15, 0.2) is 0 Å². The zero-order valence-electron chi connectivity index (χ0n) is 11.1. The van der Waals surface area contributed by atoms with Crippen molar-refractivity contribution in [2.75, 3.05) is 13.1 Å². The molecule has 1 heterocycles. The zero-order chi connectivity index (χ0) is 13.3. The first-order chi connectivity index (χ1) is 8.47. The molecule has 0 aromatic rings. The van der Waals surface area contributed by atoms with Gasteiger partial charge in [0.05, 0.1) is 5.92 Å². The fourth-order valence-electron chi connectivity index (χ4n) is 3.06. The Morgan fingerprint density at radius 2 is 1.94 bits per heavy atom. The van der Waals surface area contributed by atoms with Crippen LogP contribution in [0.3, 0.4) is 0 Å². The molecule has 1 aliphatic carbocycles. The monoisotopic (exact) mass is 254 g/mol. The molecule has 0 bridgehead atoms. The highest BCUT2D eigenvalue weighted by Gasteiger charge is 2.37. The molecular formula is C13H22N2O3. The lowest BCUT2D eigenvalue weighted by molar-refractivity contribution is -0.142. The molecule has 0 radical (unpaired) electrons. The van der Waals surface area contributed by atoms with Crippen molar-refractivity contribution in [2.24, 2.45) is 17.8 Å². The molecule has 2 aliphatic rings. The van der Waals surface area contributed by atoms with Crippen molar-refractivity contribution < 1.29 is 14.7 Å². The van der Waals surface area contributed by atoms with Gasteiger partial charge in [-0.05, 0) is 31.1 Å². The fraction of sp³-hybridized carbons (Fsp3) is 0.846. The highest BCUT2D eigenvalue weighted by atomic mass is 16.4. The van der Waals surface area contributed by atoms with E-state index >= 15 is 0 Å². The quantitative estimate of drug-likeness (QED) is 0.785. The highest BCUT2D eigenvalue weighted by molar-refractivity contribution is 5.77. The minimum Gasteiger partial charge on any atom is -0.481 e. The third-order valence-electron chi connectivity index (χ3n) is 4.24. The smallest absolute Gasteiger partial charge is 0.317 e. The third-order valence-corrected chi connectivity index (χ3v) is 4.24. The molecule has 0 spiro atoms. The molecule has 5 heteroatoms. The van der Waals surface area contributed by atoms with E-state index in [1.807, 2.05) is 6.92 Å². The number of carboxylic acids is 1. The molecule has 2 fully saturated rings. The van der Waals surface area contributed by atoms with Gasteiger partial charge in [-0.15, -0.1) is 0 Å². The van der Waals surface area contributed by atoms with Gasteiger partial charge in [0.2, 0.25) is 0 Å². The average molecular weight is 254 g/mol. The van der Waals surface area contributed by atoms with Crippen LogP contribution in [-0.4, -0.2) is 41.1 Å². The molecule has 5 nitrogen and oxygen atoms in total. The number of hydrogen-bond donors (Lipinski definition) is 2. The minimum atomic E-state index is -0.799. The lowest BCUT2D eigenvalue weighted by Crippen LogP contribution is -2.43. The summed E-state index contributed by atoms with van der Waals surface area (Å²) >= 11 is 0. The second kappa shape index (κ2) is 5.16. The molecule has 4 atom stereocenters. The van der Waals surface area contributed by atoms with Crippen molar-refractivity contribution in [3.8, 4) is 0 Å². The Kier molecular flexibility index (Phi) is 3.78. The van der Waals surface area contributed by atoms with Gasteiger partial charge < -0.3 is 15.3 Å². The molecule has 2 amide bonds. The van der Waals surface area contributed by atoms with Gasteiger partial charge in [0, 0.05) is 19.1 Å². The van der Waals surface area contributed by atoms with E-state index in [1.165, 1.54) is 6.42 Å². The number of amides is 2. The third kappa shape index (κ3) is 2.76. The topological polar surface area (TPSA) is 69.6 Å². The molecule has 2 rings (SSSR count). The van der Waals surface area contributed by atoms with Gasteiger partial charge in [-0.1, -0.05) is 13.8 Å². The normalized spacial score (nSPS) is 35.8. The van der Waals surface area contributed by atoms with E-state index in [9.17, 15) is 9.59 Å². The Morgan fingerprint density at radius 3 is 2.44 bits per heavy atom. The zero-order valence-corrected chi connectivity index (χ0v) is 11.1. The van der Waals surface area contributed by atoms with Crippen LogP contribution in [0.4, 0.5) is 4.79 Å². The average Bonchev–Trinajstić information content (AvgIpc) is 2.85. The summed E-state index contributed by atoms with van der Waals surface area (Å²) in [5.74, 6) is -0.499. The standard InChI is InChI=1S/C13H22N2O3/c1-8-3-4-10(5-8)14-13(18)15-6-9(2)11(7-15)12(16)17/h8-11H,3-7H2,1-2H3,(H,14,18)(H,16,17). The second-order valence-corrected chi connectivity index (χ2v) is 5.89. The maximum atomic E-state index is 12.0. The Balaban J connectivity index is 1.85. The van der Waals surface area contributed by atoms with E-state index in [1.54, 1.807) is 4.90 Å². The maximum Gasteiger partial charge on any atom is 0.317 e. The first-order valence-corrected chi connectivity index (χ1v) is 6.75. The molecule has 2 N–H and O–H groups in total. The summed E-state index contributed by atoms with van der Waals surface area (Å²) in [4.78, 5) is 24.7. The largest absolute Gasteiger partial charge is 0.481 e. The first-order valence-electron chi connectivity index (χ1n) is 6.75. The summed E-state index contributed by atoms with van der Waals surface area (Å²) in [6.45, 7) is 4.98. The van der Waals surface area contributed by atoms with Crippen molar-refractivity contribution >= 4 is 12.0 Å². The van der Waals surface area contributed by atoms with Crippen LogP contribution in [0.1, 0.15) is 33.1 Å². The predicted octanol–water partition coefficient (Wildman–Crippen LogP) is 1.54. The van der Waals surface area contributed by atoms with Crippen LogP contribution in [0.2, 0.25) is 0 Å². The van der Waals surface area contributed by atoms with Crippen LogP contribution in [0.5, 0.6) is 0 Å². The van der Waals surface area contributed by atoms with Gasteiger partial charge in [-0.3, -0.25) is 4.79 Å². The summed E-state index contributed by atoms with van der Waals surface area (Å²) in [6, 6.07) is 0.177. The molecule has 1 saturated carbocycles. The molecule has 102 valence electrons. The Morgan fingerprint density at radius 1 is 1.22 bits per heavy atom. The maximum absolute atomic E-state index is 12.0. The number of nitrogens with zero attached hydrogens (tertiary/aromatic N) is 1. The number of rotatable bonds is 2. The number of carbonyl (C=O) groups is 2. The van der Waals surface area contributed by atoms with Gasteiger partial charge in [0.15, 0.2) is 0 Å². The molecule has 1 saturated heterocycles. The predicted molar refractivity (Wildman–Crippen MR) is 67.2 cm³/mol. The van der Waals surface area contributed by atoms with E-state index in [2.05, 4.69) is 12.2 Å². The highest BCUT2D eigenvalue weighted by Crippen LogP contribution is 2.26. The summed E-state index contributed by atoms with van der Waals surface area (Å²) < 4.78 is 0. The SMILES string of the molecule is CC1CCC(NC(=O)N2CC(C)C(C(=O)O)C2)C1. The Labute approximate surface area is 108 Å². The van der Waals surface area contributed by atoms with Gasteiger partial charge in [0.1, 0.15) is 0 Å². The lowest BCUT2D eigenvalue weighted by Gasteiger charge is -2.20. The number of likely N-dealkylation sites (tertiary alicyclic amines) is 1. The number of hydrogen-bond acceptors (Lipinski definition) is 2. The Bertz CT molecular complexity index is 345. The summed E-state index contributed by atoms with van der Waals surface area (Å²) in [5, 5.41) is 12.1. The van der Waals surface area contributed by atoms with Crippen molar-refractivity contribution in [2.45, 2.75) is 39.2 Å². The van der Waals surface area contributed by atoms with Crippen LogP contribution in [-0.2, 0) is 4.79 Å². The fourth-order valence-corrected chi connectivity index (χ4v) is 3.06. The van der Waals surface area contributed by atoms with E-state index in [4.69, 9.17) is 5.11 Å². The molecular weight excluding hydrogens is 232 g/mol. The molecule has 0 aromatic heterocycles. The van der Waals surface area contributed by atoms with Crippen molar-refractivity contribution in [1.29, 1.82) is 0 Å².